The molecule has 1 aliphatic rings. The molecule has 1 rings (SSSR count). The Bertz CT molecular complexity index is 170. The molecule has 0 heterocycles. The van der Waals surface area contributed by atoms with Crippen molar-refractivity contribution in [1.82, 2.24) is 0 Å². The Hall–Kier alpha value is -0.300. The zero-order valence-corrected chi connectivity index (χ0v) is 10.7. The van der Waals surface area contributed by atoms with Crippen LogP contribution in [-0.4, -0.2) is 11.7 Å². The van der Waals surface area contributed by atoms with Gasteiger partial charge in [-0.2, -0.15) is 0 Å². The summed E-state index contributed by atoms with van der Waals surface area (Å²) < 4.78 is 0. The van der Waals surface area contributed by atoms with Crippen molar-refractivity contribution in [3.05, 3.63) is 12.2 Å². The van der Waals surface area contributed by atoms with Crippen LogP contribution in [-0.2, 0) is 0 Å². The summed E-state index contributed by atoms with van der Waals surface area (Å²) in [6, 6.07) is 0. The molecule has 1 aliphatic carbocycles. The molecular formula is C15H28O. The molecule has 0 aromatic heterocycles. The predicted octanol–water partition coefficient (Wildman–Crippen LogP) is 4.46. The van der Waals surface area contributed by atoms with Crippen LogP contribution in [0.3, 0.4) is 0 Å². The van der Waals surface area contributed by atoms with Crippen molar-refractivity contribution in [2.75, 3.05) is 6.61 Å². The summed E-state index contributed by atoms with van der Waals surface area (Å²) in [5.41, 5.74) is 0. The average molecular weight is 224 g/mol. The molecule has 0 radical (unpaired) electrons. The third-order valence-electron chi connectivity index (χ3n) is 3.31. The maximum atomic E-state index is 8.63. The van der Waals surface area contributed by atoms with E-state index in [0.29, 0.717) is 6.61 Å². The van der Waals surface area contributed by atoms with Crippen LogP contribution >= 0.6 is 0 Å². The van der Waals surface area contributed by atoms with E-state index in [0.717, 1.165) is 12.3 Å². The van der Waals surface area contributed by atoms with Gasteiger partial charge < -0.3 is 5.11 Å². The highest BCUT2D eigenvalue weighted by atomic mass is 16.2. The van der Waals surface area contributed by atoms with Crippen LogP contribution in [0, 0.1) is 5.92 Å². The first-order valence-electron chi connectivity index (χ1n) is 7.21. The van der Waals surface area contributed by atoms with Gasteiger partial charge in [-0.05, 0) is 38.0 Å². The van der Waals surface area contributed by atoms with Crippen molar-refractivity contribution in [1.29, 1.82) is 0 Å². The van der Waals surface area contributed by atoms with Gasteiger partial charge >= 0.3 is 0 Å². The first-order valence-corrected chi connectivity index (χ1v) is 7.21. The quantitative estimate of drug-likeness (QED) is 0.406. The summed E-state index contributed by atoms with van der Waals surface area (Å²) in [4.78, 5) is 0. The summed E-state index contributed by atoms with van der Waals surface area (Å²) >= 11 is 0. The van der Waals surface area contributed by atoms with Gasteiger partial charge in [0, 0.05) is 6.61 Å². The molecule has 0 aromatic rings. The Morgan fingerprint density at radius 3 is 1.94 bits per heavy atom. The lowest BCUT2D eigenvalue weighted by atomic mass is 10.1. The summed E-state index contributed by atoms with van der Waals surface area (Å²) in [5.74, 6) is 0.950. The summed E-state index contributed by atoms with van der Waals surface area (Å²) in [6.45, 7) is 0.368. The van der Waals surface area contributed by atoms with E-state index in [1.165, 1.54) is 64.2 Å². The molecule has 0 aliphatic heterocycles. The second-order valence-electron chi connectivity index (χ2n) is 5.11. The van der Waals surface area contributed by atoms with E-state index < -0.39 is 0 Å². The van der Waals surface area contributed by atoms with Crippen LogP contribution in [0.2, 0.25) is 0 Å². The molecule has 0 bridgehead atoms. The van der Waals surface area contributed by atoms with Gasteiger partial charge in [0.2, 0.25) is 0 Å². The molecule has 1 fully saturated rings. The number of aliphatic hydroxyl groups is 1. The molecule has 1 heteroatoms. The minimum atomic E-state index is 0.368. The second kappa shape index (κ2) is 9.89. The van der Waals surface area contributed by atoms with E-state index >= 15 is 0 Å². The lowest BCUT2D eigenvalue weighted by Gasteiger charge is -2.00. The van der Waals surface area contributed by atoms with Crippen LogP contribution in [0.5, 0.6) is 0 Å². The summed E-state index contributed by atoms with van der Waals surface area (Å²) in [5, 5.41) is 8.63. The van der Waals surface area contributed by atoms with Crippen molar-refractivity contribution in [3.8, 4) is 0 Å². The number of rotatable bonds is 11. The minimum Gasteiger partial charge on any atom is -0.396 e. The van der Waals surface area contributed by atoms with E-state index in [9.17, 15) is 0 Å². The van der Waals surface area contributed by atoms with Crippen molar-refractivity contribution >= 4 is 0 Å². The molecular weight excluding hydrogens is 196 g/mol. The SMILES string of the molecule is OCCCCCCCCCC/C=C/C1CC1. The first kappa shape index (κ1) is 13.8. The monoisotopic (exact) mass is 224 g/mol. The first-order chi connectivity index (χ1) is 7.93. The summed E-state index contributed by atoms with van der Waals surface area (Å²) in [6.07, 6.45) is 19.4. The van der Waals surface area contributed by atoms with Crippen LogP contribution in [0.1, 0.15) is 70.6 Å². The third-order valence-corrected chi connectivity index (χ3v) is 3.31. The molecule has 1 saturated carbocycles. The highest BCUT2D eigenvalue weighted by molar-refractivity contribution is 4.95. The van der Waals surface area contributed by atoms with Crippen molar-refractivity contribution in [3.63, 3.8) is 0 Å². The predicted molar refractivity (Wildman–Crippen MR) is 70.5 cm³/mol. The molecule has 0 saturated heterocycles. The molecule has 0 spiro atoms. The Morgan fingerprint density at radius 1 is 0.812 bits per heavy atom. The zero-order valence-electron chi connectivity index (χ0n) is 10.7. The second-order valence-corrected chi connectivity index (χ2v) is 5.11. The van der Waals surface area contributed by atoms with E-state index in [-0.39, 0.29) is 0 Å². The average Bonchev–Trinajstić information content (AvgIpc) is 3.10. The van der Waals surface area contributed by atoms with Gasteiger partial charge in [-0.1, -0.05) is 50.7 Å². The maximum Gasteiger partial charge on any atom is 0.0431 e. The van der Waals surface area contributed by atoms with Gasteiger partial charge in [0.15, 0.2) is 0 Å². The number of allylic oxidation sites excluding steroid dienone is 2. The fourth-order valence-corrected chi connectivity index (χ4v) is 2.01. The topological polar surface area (TPSA) is 20.2 Å². The van der Waals surface area contributed by atoms with Crippen LogP contribution < -0.4 is 0 Å². The fraction of sp³-hybridized carbons (Fsp3) is 0.867. The van der Waals surface area contributed by atoms with Gasteiger partial charge in [0.1, 0.15) is 0 Å². The third kappa shape index (κ3) is 8.96. The van der Waals surface area contributed by atoms with E-state index in [2.05, 4.69) is 12.2 Å². The molecule has 1 N–H and O–H groups in total. The van der Waals surface area contributed by atoms with Crippen LogP contribution in [0.15, 0.2) is 12.2 Å². The number of hydrogen-bond acceptors (Lipinski definition) is 1. The van der Waals surface area contributed by atoms with E-state index in [1.807, 2.05) is 0 Å². The lowest BCUT2D eigenvalue weighted by molar-refractivity contribution is 0.282. The van der Waals surface area contributed by atoms with Crippen LogP contribution in [0.4, 0.5) is 0 Å². The zero-order chi connectivity index (χ0) is 11.5. The maximum absolute atomic E-state index is 8.63. The highest BCUT2D eigenvalue weighted by Gasteiger charge is 2.16. The molecule has 1 nitrogen and oxygen atoms in total. The van der Waals surface area contributed by atoms with Gasteiger partial charge in [-0.3, -0.25) is 0 Å². The standard InChI is InChI=1S/C15H28O/c16-14-10-8-6-4-2-1-3-5-7-9-11-15-12-13-15/h9,11,15-16H,1-8,10,12-14H2/b11-9+. The van der Waals surface area contributed by atoms with Gasteiger partial charge in [-0.25, -0.2) is 0 Å². The molecule has 0 amide bonds. The summed E-state index contributed by atoms with van der Waals surface area (Å²) in [7, 11) is 0. The Labute approximate surface area is 101 Å². The molecule has 0 aromatic carbocycles. The number of unbranched alkanes of at least 4 members (excludes halogenated alkanes) is 8. The minimum absolute atomic E-state index is 0.368. The fourth-order valence-electron chi connectivity index (χ4n) is 2.01. The molecule has 94 valence electrons. The van der Waals surface area contributed by atoms with Crippen molar-refractivity contribution < 1.29 is 5.11 Å². The smallest absolute Gasteiger partial charge is 0.0431 e. The molecule has 0 unspecified atom stereocenters. The number of hydrogen-bond donors (Lipinski definition) is 1. The van der Waals surface area contributed by atoms with E-state index in [1.54, 1.807) is 0 Å². The Morgan fingerprint density at radius 2 is 1.38 bits per heavy atom. The van der Waals surface area contributed by atoms with Gasteiger partial charge in [-0.15, -0.1) is 0 Å². The number of aliphatic hydroxyl groups excluding tert-OH is 1. The Balaban J connectivity index is 1.67. The largest absolute Gasteiger partial charge is 0.396 e. The molecule has 0 atom stereocenters. The van der Waals surface area contributed by atoms with Crippen molar-refractivity contribution in [2.45, 2.75) is 70.6 Å². The van der Waals surface area contributed by atoms with Crippen molar-refractivity contribution in [2.24, 2.45) is 5.92 Å². The van der Waals surface area contributed by atoms with Gasteiger partial charge in [0.25, 0.3) is 0 Å². The van der Waals surface area contributed by atoms with E-state index in [4.69, 9.17) is 5.11 Å². The lowest BCUT2D eigenvalue weighted by Crippen LogP contribution is -1.84. The Kier molecular flexibility index (Phi) is 8.51. The normalized spacial score (nSPS) is 16.1. The van der Waals surface area contributed by atoms with Crippen LogP contribution in [0.25, 0.3) is 0 Å². The highest BCUT2D eigenvalue weighted by Crippen LogP contribution is 2.30. The van der Waals surface area contributed by atoms with Gasteiger partial charge in [0.05, 0.1) is 0 Å². The molecule has 16 heavy (non-hydrogen) atoms.